The van der Waals surface area contributed by atoms with E-state index in [1.807, 2.05) is 20.9 Å². The van der Waals surface area contributed by atoms with Gasteiger partial charge < -0.3 is 15.0 Å². The molecule has 0 radical (unpaired) electrons. The summed E-state index contributed by atoms with van der Waals surface area (Å²) in [7, 11) is 1.84. The Labute approximate surface area is 117 Å². The van der Waals surface area contributed by atoms with Gasteiger partial charge in [-0.3, -0.25) is 4.79 Å². The molecule has 0 amide bonds. The van der Waals surface area contributed by atoms with Crippen LogP contribution in [0.15, 0.2) is 0 Å². The van der Waals surface area contributed by atoms with Crippen molar-refractivity contribution in [2.45, 2.75) is 52.0 Å². The molecule has 0 spiro atoms. The molecule has 0 aromatic carbocycles. The second kappa shape index (κ2) is 7.85. The number of likely N-dealkylation sites (N-methyl/N-ethyl adjacent to an activating group) is 1. The van der Waals surface area contributed by atoms with Gasteiger partial charge in [-0.15, -0.1) is 0 Å². The van der Waals surface area contributed by atoms with Crippen molar-refractivity contribution in [3.8, 4) is 0 Å². The standard InChI is InChI=1S/C15H30N2O2/c1-5-13-8-7-10-17(11-9-13)12-15(3,16-4)14(18)19-6-2/h13,16H,5-12H2,1-4H3. The number of hydrogen-bond donors (Lipinski definition) is 1. The fourth-order valence-corrected chi connectivity index (χ4v) is 2.77. The Morgan fingerprint density at radius 2 is 2.11 bits per heavy atom. The highest BCUT2D eigenvalue weighted by Crippen LogP contribution is 2.21. The van der Waals surface area contributed by atoms with Crippen molar-refractivity contribution in [1.29, 1.82) is 0 Å². The highest BCUT2D eigenvalue weighted by Gasteiger charge is 2.35. The van der Waals surface area contributed by atoms with Gasteiger partial charge in [0.2, 0.25) is 0 Å². The Hall–Kier alpha value is -0.610. The van der Waals surface area contributed by atoms with E-state index in [2.05, 4.69) is 17.1 Å². The molecule has 1 N–H and O–H groups in total. The summed E-state index contributed by atoms with van der Waals surface area (Å²) >= 11 is 0. The summed E-state index contributed by atoms with van der Waals surface area (Å²) in [6.07, 6.45) is 5.08. The van der Waals surface area contributed by atoms with Gasteiger partial charge in [0.25, 0.3) is 0 Å². The summed E-state index contributed by atoms with van der Waals surface area (Å²) in [5, 5.41) is 3.14. The van der Waals surface area contributed by atoms with Gasteiger partial charge in [-0.2, -0.15) is 0 Å². The molecule has 2 atom stereocenters. The van der Waals surface area contributed by atoms with Crippen molar-refractivity contribution in [3.05, 3.63) is 0 Å². The lowest BCUT2D eigenvalue weighted by Gasteiger charge is -2.32. The van der Waals surface area contributed by atoms with Crippen molar-refractivity contribution in [3.63, 3.8) is 0 Å². The first kappa shape index (κ1) is 16.4. The number of ether oxygens (including phenoxy) is 1. The number of hydrogen-bond acceptors (Lipinski definition) is 4. The third kappa shape index (κ3) is 4.77. The lowest BCUT2D eigenvalue weighted by Crippen LogP contribution is -2.56. The third-order valence-corrected chi connectivity index (χ3v) is 4.34. The lowest BCUT2D eigenvalue weighted by molar-refractivity contribution is -0.151. The van der Waals surface area contributed by atoms with Gasteiger partial charge in [-0.25, -0.2) is 0 Å². The molecule has 0 aromatic heterocycles. The van der Waals surface area contributed by atoms with Crippen molar-refractivity contribution >= 4 is 5.97 Å². The molecule has 0 aromatic rings. The molecule has 1 rings (SSSR count). The fraction of sp³-hybridized carbons (Fsp3) is 0.933. The van der Waals surface area contributed by atoms with Crippen LogP contribution in [0.3, 0.4) is 0 Å². The zero-order valence-corrected chi connectivity index (χ0v) is 13.0. The van der Waals surface area contributed by atoms with Crippen LogP contribution < -0.4 is 5.32 Å². The summed E-state index contributed by atoms with van der Waals surface area (Å²) in [5.74, 6) is 0.710. The van der Waals surface area contributed by atoms with E-state index in [0.29, 0.717) is 6.61 Å². The van der Waals surface area contributed by atoms with Crippen LogP contribution in [0.4, 0.5) is 0 Å². The average molecular weight is 270 g/mol. The normalized spacial score (nSPS) is 24.5. The van der Waals surface area contributed by atoms with Gasteiger partial charge in [0.15, 0.2) is 0 Å². The lowest BCUT2D eigenvalue weighted by atomic mass is 9.98. The Morgan fingerprint density at radius 1 is 1.37 bits per heavy atom. The van der Waals surface area contributed by atoms with E-state index in [4.69, 9.17) is 4.74 Å². The zero-order valence-electron chi connectivity index (χ0n) is 13.0. The first-order chi connectivity index (χ1) is 9.05. The highest BCUT2D eigenvalue weighted by atomic mass is 16.5. The van der Waals surface area contributed by atoms with Crippen LogP contribution >= 0.6 is 0 Å². The van der Waals surface area contributed by atoms with Crippen molar-refractivity contribution in [2.75, 3.05) is 33.3 Å². The molecular weight excluding hydrogens is 240 g/mol. The van der Waals surface area contributed by atoms with E-state index in [9.17, 15) is 4.79 Å². The van der Waals surface area contributed by atoms with E-state index in [1.165, 1.54) is 25.7 Å². The molecule has 4 heteroatoms. The van der Waals surface area contributed by atoms with Crippen molar-refractivity contribution in [2.24, 2.45) is 5.92 Å². The van der Waals surface area contributed by atoms with Crippen molar-refractivity contribution < 1.29 is 9.53 Å². The van der Waals surface area contributed by atoms with E-state index in [0.717, 1.165) is 25.6 Å². The van der Waals surface area contributed by atoms with Gasteiger partial charge >= 0.3 is 5.97 Å². The molecule has 112 valence electrons. The summed E-state index contributed by atoms with van der Waals surface area (Å²) in [6, 6.07) is 0. The summed E-state index contributed by atoms with van der Waals surface area (Å²) < 4.78 is 5.18. The number of nitrogens with zero attached hydrogens (tertiary/aromatic N) is 1. The SMILES string of the molecule is CCOC(=O)C(C)(CN1CCCC(CC)CC1)NC. The predicted octanol–water partition coefficient (Wildman–Crippen LogP) is 2.04. The molecule has 0 saturated carbocycles. The Balaban J connectivity index is 2.57. The second-order valence-corrected chi connectivity index (χ2v) is 5.78. The van der Waals surface area contributed by atoms with E-state index in [-0.39, 0.29) is 5.97 Å². The van der Waals surface area contributed by atoms with E-state index < -0.39 is 5.54 Å². The number of likely N-dealkylation sites (tertiary alicyclic amines) is 1. The molecule has 1 heterocycles. The number of rotatable bonds is 6. The average Bonchev–Trinajstić information content (AvgIpc) is 2.64. The maximum atomic E-state index is 12.1. The number of carbonyl (C=O) groups excluding carboxylic acids is 1. The molecule has 19 heavy (non-hydrogen) atoms. The van der Waals surface area contributed by atoms with Crippen LogP contribution in [0, 0.1) is 5.92 Å². The highest BCUT2D eigenvalue weighted by molar-refractivity contribution is 5.80. The Bertz CT molecular complexity index is 283. The van der Waals surface area contributed by atoms with Crippen LogP contribution in [-0.2, 0) is 9.53 Å². The molecule has 1 fully saturated rings. The third-order valence-electron chi connectivity index (χ3n) is 4.34. The molecule has 1 aliphatic heterocycles. The monoisotopic (exact) mass is 270 g/mol. The molecule has 1 aliphatic rings. The Morgan fingerprint density at radius 3 is 2.68 bits per heavy atom. The fourth-order valence-electron chi connectivity index (χ4n) is 2.77. The largest absolute Gasteiger partial charge is 0.465 e. The first-order valence-corrected chi connectivity index (χ1v) is 7.64. The molecule has 1 saturated heterocycles. The topological polar surface area (TPSA) is 41.6 Å². The maximum Gasteiger partial charge on any atom is 0.327 e. The smallest absolute Gasteiger partial charge is 0.327 e. The van der Waals surface area contributed by atoms with Crippen LogP contribution in [0.2, 0.25) is 0 Å². The molecule has 2 unspecified atom stereocenters. The van der Waals surface area contributed by atoms with Gasteiger partial charge in [-0.05, 0) is 59.2 Å². The van der Waals surface area contributed by atoms with Gasteiger partial charge in [0, 0.05) is 6.54 Å². The minimum absolute atomic E-state index is 0.145. The second-order valence-electron chi connectivity index (χ2n) is 5.78. The first-order valence-electron chi connectivity index (χ1n) is 7.64. The van der Waals surface area contributed by atoms with Gasteiger partial charge in [0.1, 0.15) is 5.54 Å². The number of esters is 1. The molecule has 0 bridgehead atoms. The van der Waals surface area contributed by atoms with Crippen LogP contribution in [0.1, 0.15) is 46.5 Å². The van der Waals surface area contributed by atoms with Crippen molar-refractivity contribution in [1.82, 2.24) is 10.2 Å². The summed E-state index contributed by atoms with van der Waals surface area (Å²) in [4.78, 5) is 14.5. The van der Waals surface area contributed by atoms with Crippen LogP contribution in [0.25, 0.3) is 0 Å². The number of carbonyl (C=O) groups is 1. The minimum atomic E-state index is -0.595. The van der Waals surface area contributed by atoms with Gasteiger partial charge in [-0.1, -0.05) is 13.3 Å². The quantitative estimate of drug-likeness (QED) is 0.750. The summed E-state index contributed by atoms with van der Waals surface area (Å²) in [6.45, 7) is 9.42. The van der Waals surface area contributed by atoms with E-state index in [1.54, 1.807) is 0 Å². The number of nitrogens with one attached hydrogen (secondary N) is 1. The minimum Gasteiger partial charge on any atom is -0.465 e. The van der Waals surface area contributed by atoms with Crippen LogP contribution in [0.5, 0.6) is 0 Å². The van der Waals surface area contributed by atoms with E-state index >= 15 is 0 Å². The van der Waals surface area contributed by atoms with Gasteiger partial charge in [0.05, 0.1) is 6.61 Å². The molecular formula is C15H30N2O2. The molecule has 0 aliphatic carbocycles. The van der Waals surface area contributed by atoms with Crippen LogP contribution in [-0.4, -0.2) is 49.7 Å². The summed E-state index contributed by atoms with van der Waals surface area (Å²) in [5.41, 5.74) is -0.595. The maximum absolute atomic E-state index is 12.1. The molecule has 4 nitrogen and oxygen atoms in total. The Kier molecular flexibility index (Phi) is 6.80. The predicted molar refractivity (Wildman–Crippen MR) is 78.2 cm³/mol. The zero-order chi connectivity index (χ0) is 14.3.